The highest BCUT2D eigenvalue weighted by molar-refractivity contribution is 7.18. The molecule has 2 aromatic rings. The minimum absolute atomic E-state index is 0.0713. The number of nitrogens with zero attached hydrogens (tertiary/aromatic N) is 3. The summed E-state index contributed by atoms with van der Waals surface area (Å²) in [5.74, 6) is 0.194. The van der Waals surface area contributed by atoms with E-state index in [-0.39, 0.29) is 17.2 Å². The van der Waals surface area contributed by atoms with Crippen LogP contribution in [0.1, 0.15) is 58.9 Å². The molecule has 6 nitrogen and oxygen atoms in total. The lowest BCUT2D eigenvalue weighted by Gasteiger charge is -2.27. The van der Waals surface area contributed by atoms with Crippen LogP contribution in [0.15, 0.2) is 24.3 Å². The van der Waals surface area contributed by atoms with Crippen LogP contribution < -0.4 is 5.32 Å². The lowest BCUT2D eigenvalue weighted by atomic mass is 9.84. The molecular formula is C23H32N4O2S. The fourth-order valence-electron chi connectivity index (χ4n) is 4.15. The van der Waals surface area contributed by atoms with Crippen LogP contribution in [0.2, 0.25) is 0 Å². The maximum absolute atomic E-state index is 12.9. The van der Waals surface area contributed by atoms with Crippen LogP contribution in [-0.4, -0.2) is 39.5 Å². The van der Waals surface area contributed by atoms with Gasteiger partial charge in [-0.25, -0.2) is 0 Å². The molecule has 1 saturated heterocycles. The Kier molecular flexibility index (Phi) is 6.91. The van der Waals surface area contributed by atoms with Crippen molar-refractivity contribution >= 4 is 28.3 Å². The topological polar surface area (TPSA) is 75.2 Å². The molecule has 3 rings (SSSR count). The number of hydrogen-bond acceptors (Lipinski definition) is 5. The number of carbonyl (C=O) groups is 2. The monoisotopic (exact) mass is 428 g/mol. The summed E-state index contributed by atoms with van der Waals surface area (Å²) in [6.07, 6.45) is 3.00. The van der Waals surface area contributed by atoms with E-state index in [1.54, 1.807) is 4.90 Å². The van der Waals surface area contributed by atoms with Crippen molar-refractivity contribution in [3.63, 3.8) is 0 Å². The third-order valence-electron chi connectivity index (χ3n) is 5.31. The molecule has 2 atom stereocenters. The van der Waals surface area contributed by atoms with Crippen molar-refractivity contribution in [3.8, 4) is 10.6 Å². The number of aryl methyl sites for hydroxylation is 1. The third-order valence-corrected chi connectivity index (χ3v) is 6.20. The molecule has 2 heterocycles. The number of carbonyl (C=O) groups excluding carboxylic acids is 2. The molecule has 30 heavy (non-hydrogen) atoms. The molecule has 7 heteroatoms. The zero-order valence-corrected chi connectivity index (χ0v) is 19.4. The van der Waals surface area contributed by atoms with Crippen LogP contribution in [0.4, 0.5) is 5.13 Å². The average molecular weight is 429 g/mol. The van der Waals surface area contributed by atoms with Crippen molar-refractivity contribution in [2.45, 2.75) is 66.3 Å². The van der Waals surface area contributed by atoms with Gasteiger partial charge in [0.15, 0.2) is 0 Å². The van der Waals surface area contributed by atoms with Gasteiger partial charge in [0.1, 0.15) is 11.0 Å². The second-order valence-electron chi connectivity index (χ2n) is 9.59. The molecule has 2 unspecified atom stereocenters. The van der Waals surface area contributed by atoms with E-state index in [0.717, 1.165) is 23.4 Å². The molecule has 0 radical (unpaired) electrons. The van der Waals surface area contributed by atoms with Crippen molar-refractivity contribution in [1.82, 2.24) is 15.1 Å². The number of rotatable bonds is 6. The largest absolute Gasteiger partial charge is 0.331 e. The van der Waals surface area contributed by atoms with Gasteiger partial charge in [0.05, 0.1) is 0 Å². The van der Waals surface area contributed by atoms with Crippen molar-refractivity contribution in [2.24, 2.45) is 11.3 Å². The summed E-state index contributed by atoms with van der Waals surface area (Å²) in [4.78, 5) is 27.5. The van der Waals surface area contributed by atoms with E-state index in [1.807, 2.05) is 31.2 Å². The molecule has 1 aliphatic rings. The lowest BCUT2D eigenvalue weighted by Crippen LogP contribution is -2.43. The summed E-state index contributed by atoms with van der Waals surface area (Å²) < 4.78 is 0. The first-order valence-electron chi connectivity index (χ1n) is 10.6. The van der Waals surface area contributed by atoms with Gasteiger partial charge in [0.25, 0.3) is 0 Å². The summed E-state index contributed by atoms with van der Waals surface area (Å²) in [7, 11) is 0. The maximum Gasteiger partial charge on any atom is 0.249 e. The number of amides is 2. The predicted molar refractivity (Wildman–Crippen MR) is 121 cm³/mol. The van der Waals surface area contributed by atoms with E-state index in [1.165, 1.54) is 16.9 Å². The third kappa shape index (κ3) is 5.88. The number of benzene rings is 1. The highest BCUT2D eigenvalue weighted by Gasteiger charge is 2.35. The van der Waals surface area contributed by atoms with Crippen LogP contribution in [0.3, 0.4) is 0 Å². The number of aromatic nitrogens is 2. The first-order valence-corrected chi connectivity index (χ1v) is 11.4. The second kappa shape index (κ2) is 9.25. The Bertz CT molecular complexity index is 885. The van der Waals surface area contributed by atoms with Gasteiger partial charge in [-0.3, -0.25) is 14.9 Å². The highest BCUT2D eigenvalue weighted by atomic mass is 32.1. The first-order chi connectivity index (χ1) is 14.1. The smallest absolute Gasteiger partial charge is 0.249 e. The summed E-state index contributed by atoms with van der Waals surface area (Å²) >= 11 is 1.35. The number of likely N-dealkylation sites (tertiary alicyclic amines) is 1. The van der Waals surface area contributed by atoms with Gasteiger partial charge in [-0.05, 0) is 37.5 Å². The maximum atomic E-state index is 12.9. The Hall–Kier alpha value is -2.28. The molecular weight excluding hydrogens is 396 g/mol. The molecule has 0 spiro atoms. The van der Waals surface area contributed by atoms with Crippen molar-refractivity contribution in [3.05, 3.63) is 29.8 Å². The van der Waals surface area contributed by atoms with E-state index in [9.17, 15) is 9.59 Å². The van der Waals surface area contributed by atoms with Gasteiger partial charge >= 0.3 is 0 Å². The Morgan fingerprint density at radius 3 is 2.60 bits per heavy atom. The molecule has 1 fully saturated rings. The SMILES string of the molecule is Cc1ccc(-c2nnc(NC(=O)C3CCCN3C(=O)CC(C)CC(C)(C)C)s2)cc1. The second-order valence-corrected chi connectivity index (χ2v) is 10.6. The van der Waals surface area contributed by atoms with Gasteiger partial charge in [0.2, 0.25) is 16.9 Å². The minimum atomic E-state index is -0.425. The Balaban J connectivity index is 1.60. The van der Waals surface area contributed by atoms with Gasteiger partial charge in [-0.1, -0.05) is 68.9 Å². The van der Waals surface area contributed by atoms with Crippen LogP contribution in [0.25, 0.3) is 10.6 Å². The fraction of sp³-hybridized carbons (Fsp3) is 0.565. The molecule has 0 bridgehead atoms. The van der Waals surface area contributed by atoms with Crippen molar-refractivity contribution < 1.29 is 9.59 Å². The summed E-state index contributed by atoms with van der Waals surface area (Å²) in [5, 5.41) is 12.4. The molecule has 0 aliphatic carbocycles. The van der Waals surface area contributed by atoms with E-state index >= 15 is 0 Å². The number of anilines is 1. The Morgan fingerprint density at radius 2 is 1.93 bits per heavy atom. The molecule has 2 amide bonds. The Morgan fingerprint density at radius 1 is 1.23 bits per heavy atom. The van der Waals surface area contributed by atoms with Crippen LogP contribution in [0, 0.1) is 18.3 Å². The minimum Gasteiger partial charge on any atom is -0.331 e. The van der Waals surface area contributed by atoms with E-state index < -0.39 is 6.04 Å². The molecule has 1 N–H and O–H groups in total. The summed E-state index contributed by atoms with van der Waals surface area (Å²) in [6, 6.07) is 7.62. The lowest BCUT2D eigenvalue weighted by molar-refractivity contribution is -0.137. The fourth-order valence-corrected chi connectivity index (χ4v) is 4.90. The zero-order valence-electron chi connectivity index (χ0n) is 18.6. The summed E-state index contributed by atoms with van der Waals surface area (Å²) in [6.45, 7) is 11.4. The van der Waals surface area contributed by atoms with E-state index in [0.29, 0.717) is 30.4 Å². The Labute approximate surface area is 183 Å². The van der Waals surface area contributed by atoms with Crippen LogP contribution in [0.5, 0.6) is 0 Å². The standard InChI is InChI=1S/C23H32N4O2S/c1-15-8-10-17(11-9-15)21-25-26-22(30-21)24-20(29)18-7-6-12-27(18)19(28)13-16(2)14-23(3,4)5/h8-11,16,18H,6-7,12-14H2,1-5H3,(H,24,26,29). The van der Waals surface area contributed by atoms with Gasteiger partial charge in [-0.2, -0.15) is 0 Å². The molecule has 0 saturated carbocycles. The predicted octanol–water partition coefficient (Wildman–Crippen LogP) is 4.91. The average Bonchev–Trinajstić information content (AvgIpc) is 3.30. The first kappa shape index (κ1) is 22.4. The molecule has 1 aromatic heterocycles. The van der Waals surface area contributed by atoms with Crippen LogP contribution >= 0.6 is 11.3 Å². The van der Waals surface area contributed by atoms with Crippen molar-refractivity contribution in [2.75, 3.05) is 11.9 Å². The number of nitrogens with one attached hydrogen (secondary N) is 1. The molecule has 162 valence electrons. The molecule has 1 aliphatic heterocycles. The zero-order chi connectivity index (χ0) is 21.9. The number of hydrogen-bond donors (Lipinski definition) is 1. The van der Waals surface area contributed by atoms with Gasteiger partial charge in [0, 0.05) is 18.5 Å². The van der Waals surface area contributed by atoms with Gasteiger partial charge in [-0.15, -0.1) is 10.2 Å². The highest BCUT2D eigenvalue weighted by Crippen LogP contribution is 2.29. The molecule has 1 aromatic carbocycles. The van der Waals surface area contributed by atoms with Crippen molar-refractivity contribution in [1.29, 1.82) is 0 Å². The van der Waals surface area contributed by atoms with Gasteiger partial charge < -0.3 is 4.90 Å². The normalized spacial score (nSPS) is 17.8. The van der Waals surface area contributed by atoms with E-state index in [2.05, 4.69) is 43.2 Å². The van der Waals surface area contributed by atoms with Crippen LogP contribution in [-0.2, 0) is 9.59 Å². The summed E-state index contributed by atoms with van der Waals surface area (Å²) in [5.41, 5.74) is 2.35. The van der Waals surface area contributed by atoms with E-state index in [4.69, 9.17) is 0 Å². The quantitative estimate of drug-likeness (QED) is 0.710.